The minimum absolute atomic E-state index is 0.0116. The van der Waals surface area contributed by atoms with Gasteiger partial charge < -0.3 is 4.74 Å². The minimum Gasteiger partial charge on any atom is -0.444 e. The Bertz CT molecular complexity index is 1070. The van der Waals surface area contributed by atoms with Gasteiger partial charge >= 0.3 is 6.09 Å². The summed E-state index contributed by atoms with van der Waals surface area (Å²) in [6.07, 6.45) is 0.502. The van der Waals surface area contributed by atoms with Crippen molar-refractivity contribution in [1.29, 1.82) is 0 Å². The molecule has 0 radical (unpaired) electrons. The topological polar surface area (TPSA) is 66.9 Å². The van der Waals surface area contributed by atoms with E-state index >= 15 is 0 Å². The largest absolute Gasteiger partial charge is 0.444 e. The maximum Gasteiger partial charge on any atom is 0.414 e. The molecule has 29 heavy (non-hydrogen) atoms. The van der Waals surface area contributed by atoms with Gasteiger partial charge in [0.1, 0.15) is 11.5 Å². The van der Waals surface area contributed by atoms with E-state index in [4.69, 9.17) is 39.5 Å². The predicted molar refractivity (Wildman–Crippen MR) is 112 cm³/mol. The Kier molecular flexibility index (Phi) is 5.70. The lowest BCUT2D eigenvalue weighted by molar-refractivity contribution is 0.136. The smallest absolute Gasteiger partial charge is 0.414 e. The monoisotopic (exact) mass is 474 g/mol. The van der Waals surface area contributed by atoms with Crippen molar-refractivity contribution in [2.24, 2.45) is 0 Å². The highest BCUT2D eigenvalue weighted by Crippen LogP contribution is 2.35. The van der Waals surface area contributed by atoms with Crippen molar-refractivity contribution in [3.8, 4) is 0 Å². The first kappa shape index (κ1) is 20.8. The Balaban J connectivity index is 1.54. The molecule has 0 spiro atoms. The summed E-state index contributed by atoms with van der Waals surface area (Å²) in [5.74, 6) is 0. The van der Waals surface area contributed by atoms with Gasteiger partial charge in [0.15, 0.2) is 0 Å². The van der Waals surface area contributed by atoms with E-state index in [1.807, 2.05) is 0 Å². The van der Waals surface area contributed by atoms with Crippen molar-refractivity contribution in [3.05, 3.63) is 57.0 Å². The lowest BCUT2D eigenvalue weighted by Crippen LogP contribution is -2.50. The molecule has 0 aliphatic carbocycles. The van der Waals surface area contributed by atoms with Crippen molar-refractivity contribution in [1.82, 2.24) is 4.31 Å². The Labute approximate surface area is 183 Å². The van der Waals surface area contributed by atoms with E-state index in [0.717, 1.165) is 11.3 Å². The number of benzene rings is 2. The highest BCUT2D eigenvalue weighted by molar-refractivity contribution is 7.89. The number of fused-ring (bicyclic) bond motifs is 1. The molecule has 1 amide bonds. The van der Waals surface area contributed by atoms with Crippen LogP contribution in [0.1, 0.15) is 18.4 Å². The second-order valence-corrected chi connectivity index (χ2v) is 10.1. The maximum absolute atomic E-state index is 13.0. The Hall–Kier alpha value is -1.51. The maximum atomic E-state index is 13.0. The number of hydrogen-bond acceptors (Lipinski definition) is 4. The molecular formula is C19H17Cl3N2O4S. The van der Waals surface area contributed by atoms with Gasteiger partial charge in [0, 0.05) is 34.7 Å². The number of cyclic esters (lactones) is 1. The molecule has 0 unspecified atom stereocenters. The molecule has 2 aromatic rings. The molecule has 1 saturated heterocycles. The van der Waals surface area contributed by atoms with Gasteiger partial charge in [-0.25, -0.2) is 13.2 Å². The van der Waals surface area contributed by atoms with Crippen molar-refractivity contribution in [2.45, 2.75) is 30.4 Å². The lowest BCUT2D eigenvalue weighted by atomic mass is 10.0. The molecule has 2 aromatic carbocycles. The number of piperidine rings is 1. The minimum atomic E-state index is -3.78. The highest BCUT2D eigenvalue weighted by atomic mass is 35.5. The SMILES string of the molecule is O=C1OCc2cc(Cl)ccc2N1C1CCN(S(=O)(=O)c2cc(Cl)ccc2Cl)CC1. The molecule has 1 fully saturated rings. The molecule has 10 heteroatoms. The molecule has 2 aliphatic heterocycles. The molecule has 0 N–H and O–H groups in total. The number of hydrogen-bond donors (Lipinski definition) is 0. The zero-order chi connectivity index (χ0) is 20.8. The Morgan fingerprint density at radius 1 is 0.966 bits per heavy atom. The number of rotatable bonds is 3. The van der Waals surface area contributed by atoms with Crippen LogP contribution in [-0.2, 0) is 21.4 Å². The van der Waals surface area contributed by atoms with Crippen LogP contribution in [0, 0.1) is 0 Å². The number of nitrogens with zero attached hydrogens (tertiary/aromatic N) is 2. The molecule has 2 heterocycles. The van der Waals surface area contributed by atoms with Crippen molar-refractivity contribution in [3.63, 3.8) is 0 Å². The number of anilines is 1. The second kappa shape index (κ2) is 7.96. The van der Waals surface area contributed by atoms with Gasteiger partial charge in [-0.15, -0.1) is 0 Å². The summed E-state index contributed by atoms with van der Waals surface area (Å²) in [6, 6.07) is 9.49. The van der Waals surface area contributed by atoms with Gasteiger partial charge in [-0.2, -0.15) is 4.31 Å². The first-order chi connectivity index (χ1) is 13.8. The average Bonchev–Trinajstić information content (AvgIpc) is 2.70. The Morgan fingerprint density at radius 2 is 1.62 bits per heavy atom. The fraction of sp³-hybridized carbons (Fsp3) is 0.316. The summed E-state index contributed by atoms with van der Waals surface area (Å²) in [6.45, 7) is 0.677. The standard InChI is InChI=1S/C19H17Cl3N2O4S/c20-13-2-4-17-12(9-13)11-28-19(25)24(17)15-5-7-23(8-6-15)29(26,27)18-10-14(21)1-3-16(18)22/h1-4,9-10,15H,5-8,11H2. The van der Waals surface area contributed by atoms with Crippen LogP contribution in [-0.4, -0.2) is 37.9 Å². The van der Waals surface area contributed by atoms with E-state index in [1.165, 1.54) is 16.4 Å². The molecule has 0 bridgehead atoms. The van der Waals surface area contributed by atoms with Crippen LogP contribution >= 0.6 is 34.8 Å². The zero-order valence-corrected chi connectivity index (χ0v) is 18.2. The Morgan fingerprint density at radius 3 is 2.34 bits per heavy atom. The van der Waals surface area contributed by atoms with Crippen LogP contribution < -0.4 is 4.90 Å². The van der Waals surface area contributed by atoms with E-state index < -0.39 is 16.1 Å². The van der Waals surface area contributed by atoms with Gasteiger partial charge in [-0.05, 0) is 49.2 Å². The second-order valence-electron chi connectivity index (χ2n) is 6.91. The third kappa shape index (κ3) is 3.94. The molecule has 6 nitrogen and oxygen atoms in total. The van der Waals surface area contributed by atoms with E-state index in [1.54, 1.807) is 29.2 Å². The van der Waals surface area contributed by atoms with Gasteiger partial charge in [-0.1, -0.05) is 34.8 Å². The predicted octanol–water partition coefficient (Wildman–Crippen LogP) is 4.96. The van der Waals surface area contributed by atoms with Gasteiger partial charge in [0.25, 0.3) is 0 Å². The molecule has 2 aliphatic rings. The number of halogens is 3. The summed E-state index contributed by atoms with van der Waals surface area (Å²) in [7, 11) is -3.78. The van der Waals surface area contributed by atoms with Crippen molar-refractivity contribution in [2.75, 3.05) is 18.0 Å². The van der Waals surface area contributed by atoms with E-state index in [2.05, 4.69) is 0 Å². The van der Waals surface area contributed by atoms with Gasteiger partial charge in [0.05, 0.1) is 10.7 Å². The number of sulfonamides is 1. The summed E-state index contributed by atoms with van der Waals surface area (Å²) < 4.78 is 32.7. The lowest BCUT2D eigenvalue weighted by Gasteiger charge is -2.39. The quantitative estimate of drug-likeness (QED) is 0.629. The third-order valence-electron chi connectivity index (χ3n) is 5.15. The summed E-state index contributed by atoms with van der Waals surface area (Å²) in [5.41, 5.74) is 1.59. The van der Waals surface area contributed by atoms with Crippen LogP contribution in [0.3, 0.4) is 0 Å². The summed E-state index contributed by atoms with van der Waals surface area (Å²) >= 11 is 18.1. The van der Waals surface area contributed by atoms with Gasteiger partial charge in [0.2, 0.25) is 10.0 Å². The van der Waals surface area contributed by atoms with Crippen LogP contribution in [0.2, 0.25) is 15.1 Å². The molecule has 0 saturated carbocycles. The molecule has 4 rings (SSSR count). The fourth-order valence-corrected chi connectivity index (χ4v) is 6.11. The van der Waals surface area contributed by atoms with Crippen molar-refractivity contribution >= 4 is 56.6 Å². The van der Waals surface area contributed by atoms with E-state index in [0.29, 0.717) is 22.9 Å². The number of carbonyl (C=O) groups is 1. The first-order valence-corrected chi connectivity index (χ1v) is 11.5. The van der Waals surface area contributed by atoms with Crippen LogP contribution in [0.4, 0.5) is 10.5 Å². The van der Waals surface area contributed by atoms with Gasteiger partial charge in [-0.3, -0.25) is 4.90 Å². The number of ether oxygens (including phenoxy) is 1. The number of carbonyl (C=O) groups excluding carboxylic acids is 1. The molecular weight excluding hydrogens is 459 g/mol. The van der Waals surface area contributed by atoms with Crippen LogP contribution in [0.15, 0.2) is 41.3 Å². The van der Waals surface area contributed by atoms with Crippen LogP contribution in [0.5, 0.6) is 0 Å². The zero-order valence-electron chi connectivity index (χ0n) is 15.1. The van der Waals surface area contributed by atoms with E-state index in [-0.39, 0.29) is 35.7 Å². The highest BCUT2D eigenvalue weighted by Gasteiger charge is 2.37. The van der Waals surface area contributed by atoms with Crippen molar-refractivity contribution < 1.29 is 17.9 Å². The summed E-state index contributed by atoms with van der Waals surface area (Å²) in [4.78, 5) is 14.0. The normalized spacial score (nSPS) is 18.4. The molecule has 0 aromatic heterocycles. The van der Waals surface area contributed by atoms with E-state index in [9.17, 15) is 13.2 Å². The average molecular weight is 476 g/mol. The fourth-order valence-electron chi connectivity index (χ4n) is 3.71. The molecule has 0 atom stereocenters. The van der Waals surface area contributed by atoms with Crippen LogP contribution in [0.25, 0.3) is 0 Å². The molecule has 154 valence electrons. The first-order valence-electron chi connectivity index (χ1n) is 8.97. The summed E-state index contributed by atoms with van der Waals surface area (Å²) in [5, 5.41) is 0.997. The number of amides is 1. The third-order valence-corrected chi connectivity index (χ3v) is 8.00.